The molecule has 112 valence electrons. The third kappa shape index (κ3) is 3.71. The first-order valence-corrected chi connectivity index (χ1v) is 8.36. The van der Waals surface area contributed by atoms with Crippen molar-refractivity contribution in [3.05, 3.63) is 23.8 Å². The van der Waals surface area contributed by atoms with Crippen molar-refractivity contribution < 1.29 is 17.9 Å². The number of hydrogen-bond donors (Lipinski definition) is 1. The highest BCUT2D eigenvalue weighted by atomic mass is 32.2. The van der Waals surface area contributed by atoms with Gasteiger partial charge in [-0.2, -0.15) is 0 Å². The predicted octanol–water partition coefficient (Wildman–Crippen LogP) is 1.85. The summed E-state index contributed by atoms with van der Waals surface area (Å²) >= 11 is 0. The smallest absolute Gasteiger partial charge is 0.244 e. The normalized spacial score (nSPS) is 19.2. The lowest BCUT2D eigenvalue weighted by molar-refractivity contribution is 0.114. The lowest BCUT2D eigenvalue weighted by Crippen LogP contribution is -2.32. The topological polar surface area (TPSA) is 64.6 Å². The zero-order chi connectivity index (χ0) is 14.6. The third-order valence-electron chi connectivity index (χ3n) is 3.21. The number of rotatable bonds is 6. The summed E-state index contributed by atoms with van der Waals surface area (Å²) in [7, 11) is -3.58. The Morgan fingerprint density at radius 1 is 1.45 bits per heavy atom. The van der Waals surface area contributed by atoms with Crippen LogP contribution >= 0.6 is 0 Å². The fourth-order valence-electron chi connectivity index (χ4n) is 2.19. The molecular formula is C14H21NO4S. The first-order valence-electron chi connectivity index (χ1n) is 6.87. The summed E-state index contributed by atoms with van der Waals surface area (Å²) in [5, 5.41) is 0. The molecule has 1 N–H and O–H groups in total. The second-order valence-electron chi connectivity index (χ2n) is 4.87. The van der Waals surface area contributed by atoms with Crippen LogP contribution < -0.4 is 9.46 Å². The summed E-state index contributed by atoms with van der Waals surface area (Å²) in [5.74, 6) is 0.387. The molecule has 5 nitrogen and oxygen atoms in total. The predicted molar refractivity (Wildman–Crippen MR) is 76.5 cm³/mol. The average Bonchev–Trinajstić information content (AvgIpc) is 2.92. The van der Waals surface area contributed by atoms with Crippen LogP contribution in [-0.2, 0) is 14.8 Å². The highest BCUT2D eigenvalue weighted by molar-refractivity contribution is 7.89. The van der Waals surface area contributed by atoms with Gasteiger partial charge in [-0.05, 0) is 44.4 Å². The molecule has 1 fully saturated rings. The van der Waals surface area contributed by atoms with Crippen molar-refractivity contribution in [1.29, 1.82) is 0 Å². The van der Waals surface area contributed by atoms with Crippen molar-refractivity contribution in [1.82, 2.24) is 4.72 Å². The molecule has 20 heavy (non-hydrogen) atoms. The summed E-state index contributed by atoms with van der Waals surface area (Å²) in [6.45, 7) is 5.13. The van der Waals surface area contributed by atoms with E-state index in [-0.39, 0.29) is 11.0 Å². The fourth-order valence-corrected chi connectivity index (χ4v) is 3.48. The molecule has 1 aliphatic rings. The minimum Gasteiger partial charge on any atom is -0.492 e. The molecule has 1 atom stereocenters. The van der Waals surface area contributed by atoms with Gasteiger partial charge in [0.2, 0.25) is 10.0 Å². The van der Waals surface area contributed by atoms with Crippen LogP contribution in [0.4, 0.5) is 0 Å². The maximum absolute atomic E-state index is 12.4. The van der Waals surface area contributed by atoms with Crippen LogP contribution in [0.1, 0.15) is 25.3 Å². The molecule has 0 spiro atoms. The lowest BCUT2D eigenvalue weighted by atomic mass is 10.2. The van der Waals surface area contributed by atoms with E-state index in [0.717, 1.165) is 18.4 Å². The van der Waals surface area contributed by atoms with Crippen LogP contribution in [0.3, 0.4) is 0 Å². The van der Waals surface area contributed by atoms with E-state index in [0.29, 0.717) is 25.5 Å². The second-order valence-corrected chi connectivity index (χ2v) is 6.61. The Kier molecular flexibility index (Phi) is 5.01. The molecule has 0 unspecified atom stereocenters. The van der Waals surface area contributed by atoms with Gasteiger partial charge >= 0.3 is 0 Å². The van der Waals surface area contributed by atoms with E-state index >= 15 is 0 Å². The SMILES string of the molecule is CCOc1ccc(C)cc1S(=O)(=O)NC[C@H]1CCCO1. The van der Waals surface area contributed by atoms with E-state index in [1.54, 1.807) is 12.1 Å². The van der Waals surface area contributed by atoms with Crippen molar-refractivity contribution in [3.8, 4) is 5.75 Å². The summed E-state index contributed by atoms with van der Waals surface area (Å²) < 4.78 is 38.2. The molecule has 0 bridgehead atoms. The van der Waals surface area contributed by atoms with Crippen molar-refractivity contribution in [2.24, 2.45) is 0 Å². The van der Waals surface area contributed by atoms with Crippen LogP contribution in [0, 0.1) is 6.92 Å². The molecule has 6 heteroatoms. The highest BCUT2D eigenvalue weighted by Gasteiger charge is 2.23. The molecule has 0 aromatic heterocycles. The number of hydrogen-bond acceptors (Lipinski definition) is 4. The van der Waals surface area contributed by atoms with Crippen LogP contribution in [-0.4, -0.2) is 34.3 Å². The molecule has 1 heterocycles. The molecular weight excluding hydrogens is 278 g/mol. The second kappa shape index (κ2) is 6.56. The Bertz CT molecular complexity index is 550. The maximum atomic E-state index is 12.4. The van der Waals surface area contributed by atoms with Crippen LogP contribution in [0.25, 0.3) is 0 Å². The highest BCUT2D eigenvalue weighted by Crippen LogP contribution is 2.25. The number of sulfonamides is 1. The summed E-state index contributed by atoms with van der Waals surface area (Å²) in [6.07, 6.45) is 1.86. The molecule has 0 aliphatic carbocycles. The van der Waals surface area contributed by atoms with Crippen LogP contribution in [0.2, 0.25) is 0 Å². The van der Waals surface area contributed by atoms with E-state index in [9.17, 15) is 8.42 Å². The number of nitrogens with one attached hydrogen (secondary N) is 1. The van der Waals surface area contributed by atoms with Crippen LogP contribution in [0.5, 0.6) is 5.75 Å². The number of aryl methyl sites for hydroxylation is 1. The fraction of sp³-hybridized carbons (Fsp3) is 0.571. The van der Waals surface area contributed by atoms with Gasteiger partial charge < -0.3 is 9.47 Å². The summed E-state index contributed by atoms with van der Waals surface area (Å²) in [5.41, 5.74) is 0.881. The van der Waals surface area contributed by atoms with Gasteiger partial charge in [-0.1, -0.05) is 6.07 Å². The first kappa shape index (κ1) is 15.3. The van der Waals surface area contributed by atoms with E-state index in [4.69, 9.17) is 9.47 Å². The van der Waals surface area contributed by atoms with Crippen molar-refractivity contribution >= 4 is 10.0 Å². The average molecular weight is 299 g/mol. The zero-order valence-electron chi connectivity index (χ0n) is 11.9. The standard InChI is InChI=1S/C14H21NO4S/c1-3-18-13-7-6-11(2)9-14(13)20(16,17)15-10-12-5-4-8-19-12/h6-7,9,12,15H,3-5,8,10H2,1-2H3/t12-/m1/s1. The zero-order valence-corrected chi connectivity index (χ0v) is 12.7. The molecule has 1 saturated heterocycles. The molecule has 1 aromatic rings. The largest absolute Gasteiger partial charge is 0.492 e. The molecule has 0 amide bonds. The van der Waals surface area contributed by atoms with Gasteiger partial charge in [0, 0.05) is 13.2 Å². The van der Waals surface area contributed by atoms with Crippen molar-refractivity contribution in [3.63, 3.8) is 0 Å². The Morgan fingerprint density at radius 2 is 2.25 bits per heavy atom. The van der Waals surface area contributed by atoms with Gasteiger partial charge in [0.15, 0.2) is 0 Å². The number of ether oxygens (including phenoxy) is 2. The Hall–Kier alpha value is -1.11. The van der Waals surface area contributed by atoms with Gasteiger partial charge in [0.25, 0.3) is 0 Å². The molecule has 1 aliphatic heterocycles. The summed E-state index contributed by atoms with van der Waals surface area (Å²) in [6, 6.07) is 5.16. The van der Waals surface area contributed by atoms with Crippen LogP contribution in [0.15, 0.2) is 23.1 Å². The first-order chi connectivity index (χ1) is 9.53. The van der Waals surface area contributed by atoms with Gasteiger partial charge in [0.05, 0.1) is 12.7 Å². The van der Waals surface area contributed by atoms with Gasteiger partial charge in [-0.25, -0.2) is 13.1 Å². The third-order valence-corrected chi connectivity index (χ3v) is 4.66. The van der Waals surface area contributed by atoms with Crippen molar-refractivity contribution in [2.45, 2.75) is 37.7 Å². The monoisotopic (exact) mass is 299 g/mol. The molecule has 1 aromatic carbocycles. The number of benzene rings is 1. The minimum absolute atomic E-state index is 0.0230. The minimum atomic E-state index is -3.58. The van der Waals surface area contributed by atoms with Gasteiger partial charge in [0.1, 0.15) is 10.6 Å². The Morgan fingerprint density at radius 3 is 2.90 bits per heavy atom. The maximum Gasteiger partial charge on any atom is 0.244 e. The van der Waals surface area contributed by atoms with Crippen molar-refractivity contribution in [2.75, 3.05) is 19.8 Å². The van der Waals surface area contributed by atoms with E-state index in [1.807, 2.05) is 19.9 Å². The molecule has 0 radical (unpaired) electrons. The quantitative estimate of drug-likeness (QED) is 0.870. The van der Waals surface area contributed by atoms with E-state index in [1.165, 1.54) is 0 Å². The van der Waals surface area contributed by atoms with E-state index in [2.05, 4.69) is 4.72 Å². The summed E-state index contributed by atoms with van der Waals surface area (Å²) in [4.78, 5) is 0.192. The molecule has 0 saturated carbocycles. The van der Waals surface area contributed by atoms with Gasteiger partial charge in [-0.3, -0.25) is 0 Å². The van der Waals surface area contributed by atoms with E-state index < -0.39 is 10.0 Å². The van der Waals surface area contributed by atoms with Gasteiger partial charge in [-0.15, -0.1) is 0 Å². The molecule has 2 rings (SSSR count). The lowest BCUT2D eigenvalue weighted by Gasteiger charge is -2.14. The Labute approximate surface area is 120 Å². The Balaban J connectivity index is 2.16.